The van der Waals surface area contributed by atoms with Crippen LogP contribution < -0.4 is 0 Å². The Morgan fingerprint density at radius 2 is 2.44 bits per heavy atom. The zero-order chi connectivity index (χ0) is 13.0. The van der Waals surface area contributed by atoms with Crippen LogP contribution in [0.1, 0.15) is 12.6 Å². The number of aromatic nitrogens is 1. The minimum atomic E-state index is -0.834. The third kappa shape index (κ3) is 3.18. The number of hydrogen-bond acceptors (Lipinski definition) is 5. The summed E-state index contributed by atoms with van der Waals surface area (Å²) >= 11 is 1.58. The van der Waals surface area contributed by atoms with Gasteiger partial charge in [0.1, 0.15) is 0 Å². The monoisotopic (exact) mass is 266 g/mol. The van der Waals surface area contributed by atoms with Gasteiger partial charge < -0.3 is 9.63 Å². The van der Waals surface area contributed by atoms with Gasteiger partial charge in [-0.05, 0) is 18.0 Å². The summed E-state index contributed by atoms with van der Waals surface area (Å²) < 4.78 is 5.25. The van der Waals surface area contributed by atoms with Crippen LogP contribution in [0.15, 0.2) is 28.1 Å². The fraction of sp³-hybridized carbons (Fsp3) is 0.333. The van der Waals surface area contributed by atoms with Crippen LogP contribution in [-0.2, 0) is 11.3 Å². The average molecular weight is 266 g/mol. The van der Waals surface area contributed by atoms with Crippen LogP contribution in [0.3, 0.4) is 0 Å². The Kier molecular flexibility index (Phi) is 4.11. The van der Waals surface area contributed by atoms with Gasteiger partial charge in [-0.15, -0.1) is 11.3 Å². The van der Waals surface area contributed by atoms with Crippen LogP contribution in [-0.4, -0.2) is 34.2 Å². The molecule has 0 aromatic carbocycles. The number of likely N-dealkylation sites (N-methyl/N-ethyl adjacent to an activating group) is 1. The van der Waals surface area contributed by atoms with E-state index in [1.165, 1.54) is 0 Å². The van der Waals surface area contributed by atoms with Crippen molar-refractivity contribution in [1.82, 2.24) is 10.1 Å². The lowest BCUT2D eigenvalue weighted by Crippen LogP contribution is -2.29. The highest BCUT2D eigenvalue weighted by atomic mass is 32.1. The van der Waals surface area contributed by atoms with E-state index in [2.05, 4.69) is 5.16 Å². The molecule has 0 spiro atoms. The molecule has 1 N–H and O–H groups in total. The number of carbonyl (C=O) groups is 1. The van der Waals surface area contributed by atoms with Gasteiger partial charge in [-0.1, -0.05) is 18.1 Å². The van der Waals surface area contributed by atoms with Crippen LogP contribution >= 0.6 is 11.3 Å². The zero-order valence-electron chi connectivity index (χ0n) is 10.00. The summed E-state index contributed by atoms with van der Waals surface area (Å²) in [5.74, 6) is -0.106. The minimum Gasteiger partial charge on any atom is -0.480 e. The molecule has 0 aliphatic heterocycles. The van der Waals surface area contributed by atoms with Crippen LogP contribution in [0.5, 0.6) is 0 Å². The van der Waals surface area contributed by atoms with Crippen molar-refractivity contribution in [3.8, 4) is 10.6 Å². The smallest absolute Gasteiger partial charge is 0.317 e. The van der Waals surface area contributed by atoms with E-state index in [9.17, 15) is 4.79 Å². The van der Waals surface area contributed by atoms with Gasteiger partial charge in [0.15, 0.2) is 5.76 Å². The van der Waals surface area contributed by atoms with Gasteiger partial charge >= 0.3 is 5.97 Å². The summed E-state index contributed by atoms with van der Waals surface area (Å²) in [5, 5.41) is 14.7. The molecule has 2 aromatic rings. The van der Waals surface area contributed by atoms with E-state index in [-0.39, 0.29) is 6.54 Å². The Bertz CT molecular complexity index is 507. The molecule has 2 heterocycles. The molecule has 6 heteroatoms. The molecule has 0 aliphatic rings. The highest BCUT2D eigenvalue weighted by Gasteiger charge is 2.12. The van der Waals surface area contributed by atoms with Crippen molar-refractivity contribution in [2.45, 2.75) is 13.5 Å². The van der Waals surface area contributed by atoms with Gasteiger partial charge in [-0.25, -0.2) is 0 Å². The standard InChI is InChI=1S/C12H14N2O3S/c1-2-14(8-12(15)16)7-9-6-10(17-13-9)11-4-3-5-18-11/h3-6H,2,7-8H2,1H3,(H,15,16). The molecule has 5 nitrogen and oxygen atoms in total. The Morgan fingerprint density at radius 1 is 1.61 bits per heavy atom. The van der Waals surface area contributed by atoms with E-state index in [1.807, 2.05) is 30.5 Å². The summed E-state index contributed by atoms with van der Waals surface area (Å²) in [6.45, 7) is 3.08. The van der Waals surface area contributed by atoms with Crippen molar-refractivity contribution < 1.29 is 14.4 Å². The van der Waals surface area contributed by atoms with Gasteiger partial charge in [0.2, 0.25) is 0 Å². The molecule has 0 fully saturated rings. The Morgan fingerprint density at radius 3 is 3.06 bits per heavy atom. The SMILES string of the molecule is CCN(CC(=O)O)Cc1cc(-c2cccs2)on1. The minimum absolute atomic E-state index is 0.0116. The Balaban J connectivity index is 2.04. The highest BCUT2D eigenvalue weighted by Crippen LogP contribution is 2.25. The van der Waals surface area contributed by atoms with Gasteiger partial charge in [0.25, 0.3) is 0 Å². The lowest BCUT2D eigenvalue weighted by molar-refractivity contribution is -0.138. The second kappa shape index (κ2) is 5.79. The van der Waals surface area contributed by atoms with E-state index >= 15 is 0 Å². The third-order valence-electron chi connectivity index (χ3n) is 2.51. The highest BCUT2D eigenvalue weighted by molar-refractivity contribution is 7.13. The summed E-state index contributed by atoms with van der Waals surface area (Å²) in [4.78, 5) is 13.5. The molecule has 0 unspecified atom stereocenters. The third-order valence-corrected chi connectivity index (χ3v) is 3.40. The predicted octanol–water partition coefficient (Wildman–Crippen LogP) is 2.31. The van der Waals surface area contributed by atoms with E-state index < -0.39 is 5.97 Å². The van der Waals surface area contributed by atoms with Crippen molar-refractivity contribution in [2.24, 2.45) is 0 Å². The molecule has 2 rings (SSSR count). The second-order valence-electron chi connectivity index (χ2n) is 3.86. The fourth-order valence-corrected chi connectivity index (χ4v) is 2.29. The van der Waals surface area contributed by atoms with Gasteiger partial charge in [-0.2, -0.15) is 0 Å². The van der Waals surface area contributed by atoms with Crippen molar-refractivity contribution in [3.05, 3.63) is 29.3 Å². The maximum absolute atomic E-state index is 10.7. The molecule has 2 aromatic heterocycles. The maximum atomic E-state index is 10.7. The maximum Gasteiger partial charge on any atom is 0.317 e. The topological polar surface area (TPSA) is 66.6 Å². The molecular formula is C12H14N2O3S. The molecule has 0 amide bonds. The van der Waals surface area contributed by atoms with Crippen molar-refractivity contribution >= 4 is 17.3 Å². The first-order valence-electron chi connectivity index (χ1n) is 5.62. The summed E-state index contributed by atoms with van der Waals surface area (Å²) in [6, 6.07) is 5.77. The number of carboxylic acids is 1. The number of aliphatic carboxylic acids is 1. The summed E-state index contributed by atoms with van der Waals surface area (Å²) in [5.41, 5.74) is 0.751. The lowest BCUT2D eigenvalue weighted by atomic mass is 10.3. The molecule has 96 valence electrons. The van der Waals surface area contributed by atoms with Gasteiger partial charge in [0, 0.05) is 12.6 Å². The van der Waals surface area contributed by atoms with Crippen LogP contribution in [0.4, 0.5) is 0 Å². The lowest BCUT2D eigenvalue weighted by Gasteiger charge is -2.15. The summed E-state index contributed by atoms with van der Waals surface area (Å²) in [6.07, 6.45) is 0. The molecule has 0 bridgehead atoms. The van der Waals surface area contributed by atoms with E-state index in [0.717, 1.165) is 16.3 Å². The van der Waals surface area contributed by atoms with E-state index in [0.29, 0.717) is 13.1 Å². The molecule has 0 saturated carbocycles. The second-order valence-corrected chi connectivity index (χ2v) is 4.80. The first-order chi connectivity index (χ1) is 8.69. The number of thiophene rings is 1. The molecular weight excluding hydrogens is 252 g/mol. The van der Waals surface area contributed by atoms with Crippen LogP contribution in [0, 0.1) is 0 Å². The first kappa shape index (κ1) is 12.8. The quantitative estimate of drug-likeness (QED) is 0.869. The molecule has 0 saturated heterocycles. The first-order valence-corrected chi connectivity index (χ1v) is 6.50. The number of hydrogen-bond donors (Lipinski definition) is 1. The summed E-state index contributed by atoms with van der Waals surface area (Å²) in [7, 11) is 0. The largest absolute Gasteiger partial charge is 0.480 e. The van der Waals surface area contributed by atoms with Crippen LogP contribution in [0.25, 0.3) is 10.6 Å². The zero-order valence-corrected chi connectivity index (χ0v) is 10.8. The average Bonchev–Trinajstić information content (AvgIpc) is 2.97. The normalized spacial score (nSPS) is 11.0. The fourth-order valence-electron chi connectivity index (χ4n) is 1.62. The molecule has 18 heavy (non-hydrogen) atoms. The number of rotatable bonds is 6. The molecule has 0 aliphatic carbocycles. The Labute approximate surface area is 109 Å². The number of nitrogens with zero attached hydrogens (tertiary/aromatic N) is 2. The van der Waals surface area contributed by atoms with Gasteiger partial charge in [-0.3, -0.25) is 9.69 Å². The van der Waals surface area contributed by atoms with E-state index in [1.54, 1.807) is 16.2 Å². The van der Waals surface area contributed by atoms with Crippen LogP contribution in [0.2, 0.25) is 0 Å². The molecule has 0 atom stereocenters. The predicted molar refractivity (Wildman–Crippen MR) is 68.4 cm³/mol. The van der Waals surface area contributed by atoms with Gasteiger partial charge in [0.05, 0.1) is 17.1 Å². The van der Waals surface area contributed by atoms with Crippen molar-refractivity contribution in [3.63, 3.8) is 0 Å². The van der Waals surface area contributed by atoms with Crippen molar-refractivity contribution in [1.29, 1.82) is 0 Å². The van der Waals surface area contributed by atoms with Crippen molar-refractivity contribution in [2.75, 3.05) is 13.1 Å². The Hall–Kier alpha value is -1.66. The molecule has 0 radical (unpaired) electrons. The van der Waals surface area contributed by atoms with E-state index in [4.69, 9.17) is 9.63 Å². The number of carboxylic acid groups (broad SMARTS) is 1.